The molecule has 120 valence electrons. The molecular weight excluding hydrogens is 284 g/mol. The Labute approximate surface area is 129 Å². The van der Waals surface area contributed by atoms with Crippen molar-refractivity contribution in [1.29, 1.82) is 0 Å². The molecule has 0 aliphatic rings. The van der Waals surface area contributed by atoms with Gasteiger partial charge >= 0.3 is 0 Å². The van der Waals surface area contributed by atoms with Gasteiger partial charge in [0.15, 0.2) is 0 Å². The van der Waals surface area contributed by atoms with Crippen molar-refractivity contribution in [2.45, 2.75) is 58.3 Å². The average Bonchev–Trinajstić information content (AvgIpc) is 2.44. The molecule has 0 saturated carbocycles. The van der Waals surface area contributed by atoms with E-state index in [2.05, 4.69) is 13.8 Å². The van der Waals surface area contributed by atoms with Crippen LogP contribution in [0.3, 0.4) is 0 Å². The molecule has 0 aliphatic heterocycles. The van der Waals surface area contributed by atoms with Gasteiger partial charge in [0.25, 0.3) is 0 Å². The van der Waals surface area contributed by atoms with E-state index in [1.165, 1.54) is 0 Å². The number of unbranched alkanes of at least 4 members (excludes halogenated alkanes) is 2. The first kappa shape index (κ1) is 18.0. The highest BCUT2D eigenvalue weighted by atomic mass is 32.2. The van der Waals surface area contributed by atoms with Crippen LogP contribution in [-0.2, 0) is 10.0 Å². The van der Waals surface area contributed by atoms with Gasteiger partial charge in [-0.25, -0.2) is 8.42 Å². The third kappa shape index (κ3) is 4.45. The molecule has 0 radical (unpaired) electrons. The van der Waals surface area contributed by atoms with E-state index in [1.807, 2.05) is 13.8 Å². The molecule has 0 heterocycles. The van der Waals surface area contributed by atoms with Crippen LogP contribution in [0.5, 0.6) is 0 Å². The van der Waals surface area contributed by atoms with E-state index in [4.69, 9.17) is 5.73 Å². The highest BCUT2D eigenvalue weighted by molar-refractivity contribution is 7.89. The number of nitrogens with zero attached hydrogens (tertiary/aromatic N) is 1. The molecule has 5 heteroatoms. The van der Waals surface area contributed by atoms with Gasteiger partial charge < -0.3 is 5.73 Å². The molecule has 0 bridgehead atoms. The summed E-state index contributed by atoms with van der Waals surface area (Å²) in [5.41, 5.74) is 8.34. The summed E-state index contributed by atoms with van der Waals surface area (Å²) in [6.45, 7) is 9.09. The van der Waals surface area contributed by atoms with E-state index in [-0.39, 0.29) is 0 Å². The molecule has 21 heavy (non-hydrogen) atoms. The molecular formula is C16H28N2O2S. The monoisotopic (exact) mass is 312 g/mol. The fourth-order valence-electron chi connectivity index (χ4n) is 2.17. The molecule has 0 atom stereocenters. The van der Waals surface area contributed by atoms with E-state index in [9.17, 15) is 8.42 Å². The number of hydrogen-bond donors (Lipinski definition) is 1. The van der Waals surface area contributed by atoms with Crippen LogP contribution >= 0.6 is 0 Å². The molecule has 0 saturated heterocycles. The van der Waals surface area contributed by atoms with Crippen LogP contribution < -0.4 is 5.73 Å². The highest BCUT2D eigenvalue weighted by Gasteiger charge is 2.24. The Balaban J connectivity index is 3.15. The number of aryl methyl sites for hydroxylation is 1. The van der Waals surface area contributed by atoms with Crippen molar-refractivity contribution in [2.75, 3.05) is 18.8 Å². The van der Waals surface area contributed by atoms with Crippen LogP contribution in [0.4, 0.5) is 5.69 Å². The molecule has 1 rings (SSSR count). The van der Waals surface area contributed by atoms with Crippen LogP contribution in [0, 0.1) is 13.8 Å². The average molecular weight is 312 g/mol. The zero-order valence-corrected chi connectivity index (χ0v) is 14.5. The van der Waals surface area contributed by atoms with Crippen LogP contribution in [-0.4, -0.2) is 25.8 Å². The molecule has 0 aliphatic carbocycles. The van der Waals surface area contributed by atoms with E-state index in [0.717, 1.165) is 36.8 Å². The predicted molar refractivity (Wildman–Crippen MR) is 88.9 cm³/mol. The normalized spacial score (nSPS) is 12.0. The minimum absolute atomic E-state index is 0.315. The van der Waals surface area contributed by atoms with E-state index in [0.29, 0.717) is 23.7 Å². The first-order valence-corrected chi connectivity index (χ1v) is 9.15. The number of hydrogen-bond acceptors (Lipinski definition) is 3. The number of benzene rings is 1. The van der Waals surface area contributed by atoms with Crippen molar-refractivity contribution < 1.29 is 8.42 Å². The Hall–Kier alpha value is -1.07. The number of sulfonamides is 1. The lowest BCUT2D eigenvalue weighted by atomic mass is 10.1. The third-order valence-corrected chi connectivity index (χ3v) is 5.72. The lowest BCUT2D eigenvalue weighted by Gasteiger charge is -2.22. The van der Waals surface area contributed by atoms with Crippen LogP contribution in [0.25, 0.3) is 0 Å². The molecule has 2 N–H and O–H groups in total. The van der Waals surface area contributed by atoms with Crippen molar-refractivity contribution in [3.8, 4) is 0 Å². The zero-order chi connectivity index (χ0) is 16.0. The van der Waals surface area contributed by atoms with Crippen molar-refractivity contribution in [1.82, 2.24) is 4.31 Å². The van der Waals surface area contributed by atoms with Crippen LogP contribution in [0.15, 0.2) is 17.0 Å². The maximum Gasteiger partial charge on any atom is 0.243 e. The summed E-state index contributed by atoms with van der Waals surface area (Å²) in [7, 11) is -3.45. The number of nitrogen functional groups attached to an aromatic ring is 1. The second-order valence-corrected chi connectivity index (χ2v) is 7.50. The molecule has 1 aromatic rings. The quantitative estimate of drug-likeness (QED) is 0.747. The second-order valence-electron chi connectivity index (χ2n) is 5.57. The van der Waals surface area contributed by atoms with Crippen molar-refractivity contribution >= 4 is 15.7 Å². The van der Waals surface area contributed by atoms with E-state index >= 15 is 0 Å². The third-order valence-electron chi connectivity index (χ3n) is 3.84. The van der Waals surface area contributed by atoms with E-state index < -0.39 is 10.0 Å². The number of anilines is 1. The smallest absolute Gasteiger partial charge is 0.243 e. The van der Waals surface area contributed by atoms with Gasteiger partial charge in [-0.1, -0.05) is 26.7 Å². The van der Waals surface area contributed by atoms with Crippen molar-refractivity contribution in [2.24, 2.45) is 0 Å². The van der Waals surface area contributed by atoms with Gasteiger partial charge in [0.05, 0.1) is 4.90 Å². The summed E-state index contributed by atoms with van der Waals surface area (Å²) in [6.07, 6.45) is 3.72. The highest BCUT2D eigenvalue weighted by Crippen LogP contribution is 2.24. The molecule has 0 aromatic heterocycles. The minimum atomic E-state index is -3.45. The molecule has 0 amide bonds. The Kier molecular flexibility index (Phi) is 6.68. The summed E-state index contributed by atoms with van der Waals surface area (Å²) in [5.74, 6) is 0. The molecule has 4 nitrogen and oxygen atoms in total. The Bertz CT molecular complexity index is 537. The summed E-state index contributed by atoms with van der Waals surface area (Å²) in [5, 5.41) is 0. The van der Waals surface area contributed by atoms with Gasteiger partial charge in [-0.2, -0.15) is 4.31 Å². The summed E-state index contributed by atoms with van der Waals surface area (Å²) < 4.78 is 27.3. The Morgan fingerprint density at radius 2 is 1.57 bits per heavy atom. The largest absolute Gasteiger partial charge is 0.398 e. The van der Waals surface area contributed by atoms with Gasteiger partial charge in [-0.05, 0) is 49.9 Å². The SMILES string of the molecule is CCCCN(CCCC)S(=O)(=O)c1cc(C)c(C)c(N)c1. The van der Waals surface area contributed by atoms with Gasteiger partial charge in [0, 0.05) is 18.8 Å². The van der Waals surface area contributed by atoms with Crippen molar-refractivity contribution in [3.63, 3.8) is 0 Å². The van der Waals surface area contributed by atoms with Gasteiger partial charge in [0.1, 0.15) is 0 Å². The lowest BCUT2D eigenvalue weighted by Crippen LogP contribution is -2.33. The first-order valence-electron chi connectivity index (χ1n) is 7.71. The van der Waals surface area contributed by atoms with E-state index in [1.54, 1.807) is 16.4 Å². The van der Waals surface area contributed by atoms with Crippen LogP contribution in [0.2, 0.25) is 0 Å². The predicted octanol–water partition coefficient (Wildman–Crippen LogP) is 3.48. The van der Waals surface area contributed by atoms with Crippen LogP contribution in [0.1, 0.15) is 50.7 Å². The van der Waals surface area contributed by atoms with Gasteiger partial charge in [0.2, 0.25) is 10.0 Å². The fraction of sp³-hybridized carbons (Fsp3) is 0.625. The molecule has 0 spiro atoms. The molecule has 1 aromatic carbocycles. The van der Waals surface area contributed by atoms with Gasteiger partial charge in [-0.3, -0.25) is 0 Å². The maximum atomic E-state index is 12.8. The molecule has 0 unspecified atom stereocenters. The topological polar surface area (TPSA) is 63.4 Å². The first-order chi connectivity index (χ1) is 9.84. The standard InChI is InChI=1S/C16H28N2O2S/c1-5-7-9-18(10-8-6-2)21(19,20)15-11-13(3)14(4)16(17)12-15/h11-12H,5-10,17H2,1-4H3. The summed E-state index contributed by atoms with van der Waals surface area (Å²) >= 11 is 0. The van der Waals surface area contributed by atoms with Gasteiger partial charge in [-0.15, -0.1) is 0 Å². The minimum Gasteiger partial charge on any atom is -0.398 e. The summed E-state index contributed by atoms with van der Waals surface area (Å²) in [4.78, 5) is 0.315. The maximum absolute atomic E-state index is 12.8. The van der Waals surface area contributed by atoms with Crippen molar-refractivity contribution in [3.05, 3.63) is 23.3 Å². The summed E-state index contributed by atoms with van der Waals surface area (Å²) in [6, 6.07) is 3.31. The number of nitrogens with two attached hydrogens (primary N) is 1. The number of rotatable bonds is 8. The molecule has 0 fully saturated rings. The lowest BCUT2D eigenvalue weighted by molar-refractivity contribution is 0.395. The zero-order valence-electron chi connectivity index (χ0n) is 13.6. The second kappa shape index (κ2) is 7.80. The Morgan fingerprint density at radius 1 is 1.05 bits per heavy atom. The fourth-order valence-corrected chi connectivity index (χ4v) is 3.81. The Morgan fingerprint density at radius 3 is 2.00 bits per heavy atom.